The molecule has 8 heteroatoms. The molecular formula is C35H56O8. The third kappa shape index (κ3) is 4.32. The van der Waals surface area contributed by atoms with Gasteiger partial charge in [0.2, 0.25) is 0 Å². The van der Waals surface area contributed by atoms with E-state index in [4.69, 9.17) is 9.47 Å². The summed E-state index contributed by atoms with van der Waals surface area (Å²) >= 11 is 0. The SMILES string of the molecule is CC1(C)CC[C@@]2(C(=O)O)CC[C@]3(C)C(=CC[C@@H]4[C@@]5(C)CC[C@@H](O[C@@H]6OC[C@H](O)[C@H](O)[C@H]6O)[C@](C)(CO)[C@@H]5CC[C@]43C)[C@H]2C1. The van der Waals surface area contributed by atoms with E-state index in [1.165, 1.54) is 5.57 Å². The van der Waals surface area contributed by atoms with Gasteiger partial charge in [0.1, 0.15) is 18.3 Å². The van der Waals surface area contributed by atoms with Gasteiger partial charge in [0.05, 0.1) is 24.7 Å². The molecule has 244 valence electrons. The Hall–Kier alpha value is -1.03. The lowest BCUT2D eigenvalue weighted by atomic mass is 9.33. The summed E-state index contributed by atoms with van der Waals surface area (Å²) < 4.78 is 12.0. The summed E-state index contributed by atoms with van der Waals surface area (Å²) in [7, 11) is 0. The molecule has 6 rings (SSSR count). The van der Waals surface area contributed by atoms with Crippen molar-refractivity contribution in [3.8, 4) is 0 Å². The molecule has 1 aliphatic heterocycles. The van der Waals surface area contributed by atoms with Crippen LogP contribution < -0.4 is 0 Å². The number of aliphatic hydroxyl groups excluding tert-OH is 4. The molecule has 0 aromatic rings. The first-order chi connectivity index (χ1) is 20.0. The van der Waals surface area contributed by atoms with Crippen molar-refractivity contribution in [3.63, 3.8) is 0 Å². The average molecular weight is 605 g/mol. The van der Waals surface area contributed by atoms with E-state index in [0.29, 0.717) is 12.3 Å². The number of hydrogen-bond acceptors (Lipinski definition) is 7. The summed E-state index contributed by atoms with van der Waals surface area (Å²) in [5.41, 5.74) is 0.232. The standard InChI is InChI=1S/C35H56O8/c1-30(2)13-15-35(29(40)41)16-14-33(5)20(21(35)17-30)7-8-24-31(3)11-10-25(43-28-27(39)26(38)22(37)18-42-28)32(4,19-36)23(31)9-12-34(24,33)6/h7,21-28,36-39H,8-19H2,1-6H3,(H,40,41)/t21-,22+,23-,24-,25-,26+,27-,28+,31+,32-,33-,34-,35-/m1/s1. The Balaban J connectivity index is 1.32. The van der Waals surface area contributed by atoms with Gasteiger partial charge in [-0.1, -0.05) is 53.2 Å². The van der Waals surface area contributed by atoms with Crippen LogP contribution in [0.2, 0.25) is 0 Å². The van der Waals surface area contributed by atoms with Gasteiger partial charge in [-0.25, -0.2) is 0 Å². The summed E-state index contributed by atoms with van der Waals surface area (Å²) in [6.45, 7) is 13.9. The molecule has 8 nitrogen and oxygen atoms in total. The van der Waals surface area contributed by atoms with Crippen molar-refractivity contribution in [2.75, 3.05) is 13.2 Å². The molecule has 4 saturated carbocycles. The minimum absolute atomic E-state index is 0.0154. The normalized spacial score (nSPS) is 54.3. The highest BCUT2D eigenvalue weighted by Crippen LogP contribution is 2.76. The van der Waals surface area contributed by atoms with Gasteiger partial charge in [-0.2, -0.15) is 0 Å². The molecule has 0 bridgehead atoms. The number of aliphatic carboxylic acids is 1. The van der Waals surface area contributed by atoms with Crippen LogP contribution in [0.1, 0.15) is 106 Å². The maximum Gasteiger partial charge on any atom is 0.310 e. The van der Waals surface area contributed by atoms with Gasteiger partial charge in [-0.05, 0) is 104 Å². The largest absolute Gasteiger partial charge is 0.481 e. The van der Waals surface area contributed by atoms with E-state index in [1.807, 2.05) is 0 Å². The predicted molar refractivity (Wildman–Crippen MR) is 161 cm³/mol. The lowest BCUT2D eigenvalue weighted by Gasteiger charge is -2.71. The van der Waals surface area contributed by atoms with Crippen LogP contribution in [-0.4, -0.2) is 75.4 Å². The second-order valence-corrected chi connectivity index (χ2v) is 17.3. The van der Waals surface area contributed by atoms with Crippen LogP contribution in [0.15, 0.2) is 11.6 Å². The van der Waals surface area contributed by atoms with E-state index in [9.17, 15) is 30.3 Å². The maximum absolute atomic E-state index is 12.9. The smallest absolute Gasteiger partial charge is 0.310 e. The monoisotopic (exact) mass is 604 g/mol. The Morgan fingerprint density at radius 3 is 2.30 bits per heavy atom. The van der Waals surface area contributed by atoms with E-state index in [0.717, 1.165) is 57.8 Å². The fourth-order valence-electron chi connectivity index (χ4n) is 11.9. The molecule has 0 aromatic carbocycles. The molecule has 43 heavy (non-hydrogen) atoms. The van der Waals surface area contributed by atoms with Crippen molar-refractivity contribution < 1.29 is 39.8 Å². The Bertz CT molecular complexity index is 1150. The van der Waals surface area contributed by atoms with E-state index in [-0.39, 0.29) is 52.8 Å². The van der Waals surface area contributed by atoms with Crippen LogP contribution in [0.4, 0.5) is 0 Å². The molecule has 1 saturated heterocycles. The van der Waals surface area contributed by atoms with Crippen molar-refractivity contribution >= 4 is 5.97 Å². The molecule has 0 radical (unpaired) electrons. The van der Waals surface area contributed by atoms with Crippen molar-refractivity contribution in [1.82, 2.24) is 0 Å². The van der Waals surface area contributed by atoms with Gasteiger partial charge < -0.3 is 35.0 Å². The number of carbonyl (C=O) groups is 1. The van der Waals surface area contributed by atoms with Crippen LogP contribution in [0.5, 0.6) is 0 Å². The van der Waals surface area contributed by atoms with E-state index in [2.05, 4.69) is 47.6 Å². The Labute approximate surface area is 257 Å². The summed E-state index contributed by atoms with van der Waals surface area (Å²) in [6, 6.07) is 0. The summed E-state index contributed by atoms with van der Waals surface area (Å²) in [6.07, 6.45) is 6.03. The first-order valence-corrected chi connectivity index (χ1v) is 16.9. The summed E-state index contributed by atoms with van der Waals surface area (Å²) in [4.78, 5) is 12.9. The molecule has 0 amide bonds. The molecule has 0 unspecified atom stereocenters. The number of hydrogen-bond donors (Lipinski definition) is 5. The van der Waals surface area contributed by atoms with Crippen LogP contribution in [0, 0.1) is 50.2 Å². The lowest BCUT2D eigenvalue weighted by Crippen LogP contribution is -2.66. The molecule has 6 aliphatic rings. The van der Waals surface area contributed by atoms with E-state index in [1.54, 1.807) is 0 Å². The topological polar surface area (TPSA) is 137 Å². The molecule has 13 atom stereocenters. The first kappa shape index (κ1) is 31.9. The van der Waals surface area contributed by atoms with Gasteiger partial charge in [0.25, 0.3) is 0 Å². The maximum atomic E-state index is 12.9. The number of rotatable bonds is 4. The van der Waals surface area contributed by atoms with Crippen LogP contribution >= 0.6 is 0 Å². The minimum atomic E-state index is -1.36. The quantitative estimate of drug-likeness (QED) is 0.231. The van der Waals surface area contributed by atoms with E-state index < -0.39 is 41.4 Å². The van der Waals surface area contributed by atoms with Crippen molar-refractivity contribution in [3.05, 3.63) is 11.6 Å². The second kappa shape index (κ2) is 10.2. The molecule has 5 N–H and O–H groups in total. The van der Waals surface area contributed by atoms with Gasteiger partial charge in [-0.3, -0.25) is 4.79 Å². The highest BCUT2D eigenvalue weighted by atomic mass is 16.7. The minimum Gasteiger partial charge on any atom is -0.481 e. The average Bonchev–Trinajstić information content (AvgIpc) is 2.94. The Kier molecular flexibility index (Phi) is 7.60. The van der Waals surface area contributed by atoms with Crippen LogP contribution in [-0.2, 0) is 14.3 Å². The zero-order valence-electron chi connectivity index (χ0n) is 27.1. The number of ether oxygens (including phenoxy) is 2. The van der Waals surface area contributed by atoms with Gasteiger partial charge in [0.15, 0.2) is 6.29 Å². The highest BCUT2D eigenvalue weighted by molar-refractivity contribution is 5.76. The molecule has 0 spiro atoms. The number of fused-ring (bicyclic) bond motifs is 7. The van der Waals surface area contributed by atoms with Crippen molar-refractivity contribution in [2.45, 2.75) is 136 Å². The second-order valence-electron chi connectivity index (χ2n) is 17.3. The third-order valence-electron chi connectivity index (χ3n) is 14.9. The first-order valence-electron chi connectivity index (χ1n) is 16.9. The Morgan fingerprint density at radius 2 is 1.63 bits per heavy atom. The fraction of sp³-hybridized carbons (Fsp3) is 0.914. The molecule has 5 aliphatic carbocycles. The fourth-order valence-corrected chi connectivity index (χ4v) is 11.9. The number of carboxylic acids is 1. The zero-order valence-corrected chi connectivity index (χ0v) is 27.1. The molecule has 0 aromatic heterocycles. The van der Waals surface area contributed by atoms with E-state index >= 15 is 0 Å². The van der Waals surface area contributed by atoms with Gasteiger partial charge >= 0.3 is 5.97 Å². The van der Waals surface area contributed by atoms with Gasteiger partial charge in [-0.15, -0.1) is 0 Å². The zero-order chi connectivity index (χ0) is 31.4. The number of allylic oxidation sites excluding steroid dienone is 2. The third-order valence-corrected chi connectivity index (χ3v) is 14.9. The van der Waals surface area contributed by atoms with Crippen LogP contribution in [0.25, 0.3) is 0 Å². The number of aliphatic hydroxyl groups is 4. The summed E-state index contributed by atoms with van der Waals surface area (Å²) in [5.74, 6) is 0.0529. The summed E-state index contributed by atoms with van der Waals surface area (Å²) in [5, 5.41) is 52.3. The molecule has 1 heterocycles. The van der Waals surface area contributed by atoms with Crippen molar-refractivity contribution in [2.24, 2.45) is 50.2 Å². The predicted octanol–water partition coefficient (Wildman–Crippen LogP) is 4.67. The highest BCUT2D eigenvalue weighted by Gasteiger charge is 2.70. The van der Waals surface area contributed by atoms with Crippen molar-refractivity contribution in [1.29, 1.82) is 0 Å². The molecule has 5 fully saturated rings. The lowest BCUT2D eigenvalue weighted by molar-refractivity contribution is -0.312. The molecular weight excluding hydrogens is 548 g/mol. The number of carboxylic acid groups (broad SMARTS) is 1. The Morgan fingerprint density at radius 1 is 0.930 bits per heavy atom. The van der Waals surface area contributed by atoms with Gasteiger partial charge in [0, 0.05) is 5.41 Å². The van der Waals surface area contributed by atoms with Crippen LogP contribution in [0.3, 0.4) is 0 Å².